The summed E-state index contributed by atoms with van der Waals surface area (Å²) in [5.74, 6) is 0. The van der Waals surface area contributed by atoms with Gasteiger partial charge in [-0.15, -0.1) is 0 Å². The highest BCUT2D eigenvalue weighted by Crippen LogP contribution is 2.05. The minimum atomic E-state index is 0.624. The van der Waals surface area contributed by atoms with Gasteiger partial charge in [0.15, 0.2) is 0 Å². The SMILES string of the molecule is NCC1=CCC(=S)C=C1. The van der Waals surface area contributed by atoms with Crippen molar-refractivity contribution in [1.82, 2.24) is 0 Å². The molecule has 2 N–H and O–H groups in total. The molecule has 2 heteroatoms. The molecule has 0 aromatic heterocycles. The van der Waals surface area contributed by atoms with Crippen molar-refractivity contribution in [3.8, 4) is 0 Å². The number of hydrogen-bond acceptors (Lipinski definition) is 2. The van der Waals surface area contributed by atoms with Gasteiger partial charge < -0.3 is 5.73 Å². The second kappa shape index (κ2) is 2.90. The minimum Gasteiger partial charge on any atom is -0.327 e. The van der Waals surface area contributed by atoms with E-state index in [0.717, 1.165) is 11.3 Å². The highest BCUT2D eigenvalue weighted by Gasteiger charge is 1.96. The molecule has 0 aromatic carbocycles. The van der Waals surface area contributed by atoms with E-state index >= 15 is 0 Å². The van der Waals surface area contributed by atoms with E-state index in [-0.39, 0.29) is 0 Å². The largest absolute Gasteiger partial charge is 0.327 e. The van der Waals surface area contributed by atoms with Crippen LogP contribution in [0.5, 0.6) is 0 Å². The molecule has 1 nitrogen and oxygen atoms in total. The first-order valence-electron chi connectivity index (χ1n) is 2.93. The van der Waals surface area contributed by atoms with Crippen LogP contribution in [0.3, 0.4) is 0 Å². The van der Waals surface area contributed by atoms with Crippen LogP contribution in [-0.2, 0) is 0 Å². The summed E-state index contributed by atoms with van der Waals surface area (Å²) in [6.45, 7) is 0.624. The molecule has 0 bridgehead atoms. The molecule has 0 heterocycles. The molecule has 0 aromatic rings. The lowest BCUT2D eigenvalue weighted by Crippen LogP contribution is -2.04. The standard InChI is InChI=1S/C7H9NS/c8-5-6-1-3-7(9)4-2-6/h1-3H,4-5,8H2. The molecule has 0 saturated carbocycles. The highest BCUT2D eigenvalue weighted by molar-refractivity contribution is 7.80. The molecule has 0 aliphatic heterocycles. The van der Waals surface area contributed by atoms with Crippen molar-refractivity contribution in [1.29, 1.82) is 0 Å². The van der Waals surface area contributed by atoms with Gasteiger partial charge in [-0.05, 0) is 11.6 Å². The lowest BCUT2D eigenvalue weighted by Gasteiger charge is -2.02. The van der Waals surface area contributed by atoms with Crippen molar-refractivity contribution in [3.63, 3.8) is 0 Å². The summed E-state index contributed by atoms with van der Waals surface area (Å²) in [5.41, 5.74) is 6.57. The second-order valence-corrected chi connectivity index (χ2v) is 2.51. The third-order valence-electron chi connectivity index (χ3n) is 1.28. The van der Waals surface area contributed by atoms with Crippen LogP contribution in [0.2, 0.25) is 0 Å². The Morgan fingerprint density at radius 2 is 2.33 bits per heavy atom. The zero-order valence-corrected chi connectivity index (χ0v) is 5.95. The smallest absolute Gasteiger partial charge is 0.0190 e. The molecule has 1 aliphatic carbocycles. The first kappa shape index (κ1) is 6.65. The third-order valence-corrected chi connectivity index (χ3v) is 1.59. The molecule has 0 saturated heterocycles. The topological polar surface area (TPSA) is 26.0 Å². The van der Waals surface area contributed by atoms with Gasteiger partial charge in [0.2, 0.25) is 0 Å². The first-order valence-corrected chi connectivity index (χ1v) is 3.34. The molecule has 9 heavy (non-hydrogen) atoms. The van der Waals surface area contributed by atoms with E-state index in [0.29, 0.717) is 6.54 Å². The molecule has 0 spiro atoms. The van der Waals surface area contributed by atoms with Gasteiger partial charge in [-0.2, -0.15) is 0 Å². The van der Waals surface area contributed by atoms with Crippen molar-refractivity contribution in [2.24, 2.45) is 5.73 Å². The predicted molar refractivity (Wildman–Crippen MR) is 43.5 cm³/mol. The molecule has 0 amide bonds. The fourth-order valence-corrected chi connectivity index (χ4v) is 0.871. The number of hydrogen-bond donors (Lipinski definition) is 1. The predicted octanol–water partition coefficient (Wildman–Crippen LogP) is 1.20. The zero-order valence-electron chi connectivity index (χ0n) is 5.13. The van der Waals surface area contributed by atoms with Crippen molar-refractivity contribution in [3.05, 3.63) is 23.8 Å². The Balaban J connectivity index is 2.63. The van der Waals surface area contributed by atoms with Crippen molar-refractivity contribution in [2.75, 3.05) is 6.54 Å². The molecule has 0 atom stereocenters. The first-order chi connectivity index (χ1) is 4.33. The Morgan fingerprint density at radius 3 is 2.78 bits per heavy atom. The van der Waals surface area contributed by atoms with Crippen LogP contribution < -0.4 is 5.73 Å². The lowest BCUT2D eigenvalue weighted by molar-refractivity contribution is 1.16. The summed E-state index contributed by atoms with van der Waals surface area (Å²) in [6, 6.07) is 0. The molecule has 0 radical (unpaired) electrons. The summed E-state index contributed by atoms with van der Waals surface area (Å²) < 4.78 is 0. The third kappa shape index (κ3) is 1.73. The molecular formula is C7H9NS. The van der Waals surface area contributed by atoms with E-state index in [9.17, 15) is 0 Å². The number of thiocarbonyl (C=S) groups is 1. The molecule has 1 rings (SSSR count). The van der Waals surface area contributed by atoms with Gasteiger partial charge in [0.05, 0.1) is 0 Å². The maximum Gasteiger partial charge on any atom is 0.0190 e. The fourth-order valence-electron chi connectivity index (χ4n) is 0.719. The van der Waals surface area contributed by atoms with Crippen LogP contribution in [0.25, 0.3) is 0 Å². The quantitative estimate of drug-likeness (QED) is 0.552. The lowest BCUT2D eigenvalue weighted by atomic mass is 10.1. The van der Waals surface area contributed by atoms with Gasteiger partial charge in [-0.1, -0.05) is 24.4 Å². The fraction of sp³-hybridized carbons (Fsp3) is 0.286. The molecule has 0 fully saturated rings. The van der Waals surface area contributed by atoms with Crippen LogP contribution in [0.4, 0.5) is 0 Å². The van der Waals surface area contributed by atoms with Crippen molar-refractivity contribution in [2.45, 2.75) is 6.42 Å². The number of allylic oxidation sites excluding steroid dienone is 2. The highest BCUT2D eigenvalue weighted by atomic mass is 32.1. The van der Waals surface area contributed by atoms with Gasteiger partial charge in [-0.3, -0.25) is 0 Å². The summed E-state index contributed by atoms with van der Waals surface area (Å²) in [6.07, 6.45) is 6.88. The maximum absolute atomic E-state index is 5.39. The zero-order chi connectivity index (χ0) is 6.69. The second-order valence-electron chi connectivity index (χ2n) is 1.99. The van der Waals surface area contributed by atoms with Crippen LogP contribution >= 0.6 is 12.2 Å². The molecule has 0 unspecified atom stereocenters. The van der Waals surface area contributed by atoms with E-state index in [1.165, 1.54) is 5.57 Å². The van der Waals surface area contributed by atoms with Gasteiger partial charge >= 0.3 is 0 Å². The van der Waals surface area contributed by atoms with Gasteiger partial charge in [0.25, 0.3) is 0 Å². The summed E-state index contributed by atoms with van der Waals surface area (Å²) in [5, 5.41) is 0. The Bertz CT molecular complexity index is 179. The van der Waals surface area contributed by atoms with Gasteiger partial charge in [-0.25, -0.2) is 0 Å². The Morgan fingerprint density at radius 1 is 1.56 bits per heavy atom. The summed E-state index contributed by atoms with van der Waals surface area (Å²) in [7, 11) is 0. The Labute approximate surface area is 60.2 Å². The van der Waals surface area contributed by atoms with E-state index in [4.69, 9.17) is 18.0 Å². The minimum absolute atomic E-state index is 0.624. The molecule has 48 valence electrons. The van der Waals surface area contributed by atoms with Crippen LogP contribution in [0, 0.1) is 0 Å². The maximum atomic E-state index is 5.39. The van der Waals surface area contributed by atoms with Crippen molar-refractivity contribution >= 4 is 17.1 Å². The average molecular weight is 139 g/mol. The van der Waals surface area contributed by atoms with E-state index < -0.39 is 0 Å². The normalized spacial score (nSPS) is 17.9. The van der Waals surface area contributed by atoms with Crippen LogP contribution in [0.1, 0.15) is 6.42 Å². The Hall–Kier alpha value is -0.470. The molecule has 1 aliphatic rings. The monoisotopic (exact) mass is 139 g/mol. The van der Waals surface area contributed by atoms with Gasteiger partial charge in [0.1, 0.15) is 0 Å². The van der Waals surface area contributed by atoms with Gasteiger partial charge in [0, 0.05) is 17.8 Å². The summed E-state index contributed by atoms with van der Waals surface area (Å²) >= 11 is 4.93. The number of rotatable bonds is 1. The Kier molecular flexibility index (Phi) is 2.14. The van der Waals surface area contributed by atoms with Crippen LogP contribution in [-0.4, -0.2) is 11.4 Å². The van der Waals surface area contributed by atoms with Crippen molar-refractivity contribution < 1.29 is 0 Å². The van der Waals surface area contributed by atoms with Crippen LogP contribution in [0.15, 0.2) is 23.8 Å². The summed E-state index contributed by atoms with van der Waals surface area (Å²) in [4.78, 5) is 0.993. The average Bonchev–Trinajstić information content (AvgIpc) is 1.90. The number of nitrogens with two attached hydrogens (primary N) is 1. The van der Waals surface area contributed by atoms with E-state index in [1.54, 1.807) is 0 Å². The molecular weight excluding hydrogens is 130 g/mol. The van der Waals surface area contributed by atoms with E-state index in [2.05, 4.69) is 6.08 Å². The van der Waals surface area contributed by atoms with E-state index in [1.807, 2.05) is 12.2 Å².